The number of rotatable bonds is 6. The highest BCUT2D eigenvalue weighted by Crippen LogP contribution is 2.40. The molecule has 2 aliphatic heterocycles. The van der Waals surface area contributed by atoms with Gasteiger partial charge in [0.1, 0.15) is 23.4 Å². The number of anilines is 1. The first-order chi connectivity index (χ1) is 19.1. The van der Waals surface area contributed by atoms with Crippen molar-refractivity contribution in [2.24, 2.45) is 5.41 Å². The quantitative estimate of drug-likeness (QED) is 0.432. The predicted octanol–water partition coefficient (Wildman–Crippen LogP) is 3.30. The van der Waals surface area contributed by atoms with Gasteiger partial charge >= 0.3 is 6.18 Å². The molecule has 2 amide bonds. The summed E-state index contributed by atoms with van der Waals surface area (Å²) in [6.45, 7) is -0.137. The monoisotopic (exact) mass is 583 g/mol. The molecule has 9 nitrogen and oxygen atoms in total. The summed E-state index contributed by atoms with van der Waals surface area (Å²) in [6, 6.07) is 6.75. The molecule has 2 aromatic heterocycles. The van der Waals surface area contributed by atoms with Gasteiger partial charge in [-0.15, -0.1) is 0 Å². The van der Waals surface area contributed by atoms with Gasteiger partial charge in [-0.2, -0.15) is 18.3 Å². The second-order valence-corrected chi connectivity index (χ2v) is 11.0. The Morgan fingerprint density at radius 1 is 1.15 bits per heavy atom. The highest BCUT2D eigenvalue weighted by Gasteiger charge is 2.55. The van der Waals surface area contributed by atoms with Crippen molar-refractivity contribution in [1.29, 1.82) is 0 Å². The average Bonchev–Trinajstić information content (AvgIpc) is 3.43. The van der Waals surface area contributed by atoms with E-state index >= 15 is 0 Å². The number of carbonyl (C=O) groups excluding carboxylic acids is 2. The third-order valence-electron chi connectivity index (χ3n) is 7.48. The van der Waals surface area contributed by atoms with Crippen LogP contribution in [0.3, 0.4) is 0 Å². The minimum absolute atomic E-state index is 0.121. The van der Waals surface area contributed by atoms with Crippen LogP contribution in [0.25, 0.3) is 16.8 Å². The molecule has 3 aromatic rings. The molecule has 0 aliphatic carbocycles. The summed E-state index contributed by atoms with van der Waals surface area (Å²) < 4.78 is 82.9. The van der Waals surface area contributed by atoms with Crippen molar-refractivity contribution in [3.8, 4) is 11.3 Å². The van der Waals surface area contributed by atoms with Gasteiger partial charge in [0.25, 0.3) is 11.8 Å². The Morgan fingerprint density at radius 2 is 1.85 bits per heavy atom. The van der Waals surface area contributed by atoms with Crippen LogP contribution in [0.2, 0.25) is 0 Å². The Bertz CT molecular complexity index is 1500. The maximum absolute atomic E-state index is 14.7. The van der Waals surface area contributed by atoms with Crippen LogP contribution in [-0.4, -0.2) is 86.7 Å². The van der Waals surface area contributed by atoms with Gasteiger partial charge in [-0.3, -0.25) is 14.5 Å². The first-order valence-corrected chi connectivity index (χ1v) is 12.7. The zero-order valence-electron chi connectivity index (χ0n) is 22.1. The van der Waals surface area contributed by atoms with Gasteiger partial charge in [0.15, 0.2) is 5.82 Å². The molecule has 2 aliphatic rings. The Labute approximate surface area is 230 Å². The second kappa shape index (κ2) is 9.89. The maximum atomic E-state index is 14.7. The van der Waals surface area contributed by atoms with Gasteiger partial charge in [-0.25, -0.2) is 22.7 Å². The predicted molar refractivity (Wildman–Crippen MR) is 136 cm³/mol. The van der Waals surface area contributed by atoms with Crippen LogP contribution in [0.5, 0.6) is 0 Å². The summed E-state index contributed by atoms with van der Waals surface area (Å²) in [6.07, 6.45) is -5.35. The Morgan fingerprint density at radius 3 is 2.51 bits per heavy atom. The number of halogens is 6. The summed E-state index contributed by atoms with van der Waals surface area (Å²) in [5.74, 6) is -4.57. The lowest BCUT2D eigenvalue weighted by Gasteiger charge is -2.38. The lowest BCUT2D eigenvalue weighted by Crippen LogP contribution is -2.55. The van der Waals surface area contributed by atoms with Crippen molar-refractivity contribution in [1.82, 2.24) is 29.7 Å². The highest BCUT2D eigenvalue weighted by molar-refractivity contribution is 5.96. The molecule has 3 N–H and O–H groups in total. The van der Waals surface area contributed by atoms with E-state index in [-0.39, 0.29) is 17.9 Å². The van der Waals surface area contributed by atoms with E-state index in [4.69, 9.17) is 5.73 Å². The van der Waals surface area contributed by atoms with Crippen LogP contribution >= 0.6 is 0 Å². The van der Waals surface area contributed by atoms with Crippen LogP contribution in [0.15, 0.2) is 36.7 Å². The summed E-state index contributed by atoms with van der Waals surface area (Å²) in [5.41, 5.74) is 5.55. The molecule has 2 fully saturated rings. The van der Waals surface area contributed by atoms with Crippen LogP contribution in [0, 0.1) is 5.41 Å². The Balaban J connectivity index is 1.35. The number of aromatic nitrogens is 3. The third-order valence-corrected chi connectivity index (χ3v) is 7.48. The fraction of sp³-hybridized carbons (Fsp3) is 0.462. The normalized spacial score (nSPS) is 21.2. The minimum atomic E-state index is -4.82. The number of nitrogens with one attached hydrogen (secondary N) is 1. The van der Waals surface area contributed by atoms with Crippen LogP contribution in [0.1, 0.15) is 29.8 Å². The molecule has 0 spiro atoms. The topological polar surface area (TPSA) is 109 Å². The number of hydrogen-bond acceptors (Lipinski definition) is 6. The average molecular weight is 584 g/mol. The number of likely N-dealkylation sites (tertiary alicyclic amines) is 2. The van der Waals surface area contributed by atoms with Gasteiger partial charge in [0, 0.05) is 24.2 Å². The summed E-state index contributed by atoms with van der Waals surface area (Å²) in [7, 11) is 0. The maximum Gasteiger partial charge on any atom is 0.402 e. The number of nitrogen functional groups attached to an aromatic ring is 1. The van der Waals surface area contributed by atoms with Gasteiger partial charge in [0.2, 0.25) is 5.91 Å². The number of hydrogen-bond donors (Lipinski definition) is 2. The molecule has 2 atom stereocenters. The number of nitrogens with two attached hydrogens (primary N) is 1. The molecule has 0 saturated carbocycles. The number of nitrogens with zero attached hydrogens (tertiary/aromatic N) is 5. The number of amides is 2. The number of fused-ring (bicyclic) bond motifs is 1. The molecule has 5 rings (SSSR count). The van der Waals surface area contributed by atoms with Crippen LogP contribution in [-0.2, 0) is 11.3 Å². The van der Waals surface area contributed by atoms with E-state index in [0.29, 0.717) is 22.3 Å². The minimum Gasteiger partial charge on any atom is -0.382 e. The van der Waals surface area contributed by atoms with Crippen molar-refractivity contribution in [3.63, 3.8) is 0 Å². The summed E-state index contributed by atoms with van der Waals surface area (Å²) >= 11 is 0. The zero-order chi connectivity index (χ0) is 29.9. The standard InChI is InChI=1S/C26H27F6N7O2/c1-24(2,26(30,31)32)23(41)38-9-17(27)18(10-38)36-22(40)15-5-3-4-14(6-15)19-7-16(8-37-11-25(28,29)12-37)20-21(33)34-13-35-39(19)20/h3-7,13,17-18H,8-12H2,1-2H3,(H,36,40)(H2,33,34,35)/t17-,18+/m0/s1. The largest absolute Gasteiger partial charge is 0.402 e. The van der Waals surface area contributed by atoms with E-state index in [0.717, 1.165) is 18.7 Å². The van der Waals surface area contributed by atoms with Gasteiger partial charge in [0.05, 0.1) is 31.4 Å². The van der Waals surface area contributed by atoms with E-state index in [1.165, 1.54) is 23.0 Å². The summed E-state index contributed by atoms with van der Waals surface area (Å²) in [5, 5.41) is 6.72. The van der Waals surface area contributed by atoms with Crippen molar-refractivity contribution in [3.05, 3.63) is 47.8 Å². The third kappa shape index (κ3) is 5.29. The first-order valence-electron chi connectivity index (χ1n) is 12.7. The van der Waals surface area contributed by atoms with Crippen LogP contribution < -0.4 is 11.1 Å². The lowest BCUT2D eigenvalue weighted by atomic mass is 9.91. The van der Waals surface area contributed by atoms with Gasteiger partial charge < -0.3 is 16.0 Å². The van der Waals surface area contributed by atoms with Crippen molar-refractivity contribution in [2.75, 3.05) is 31.9 Å². The van der Waals surface area contributed by atoms with E-state index < -0.39 is 67.7 Å². The molecule has 0 radical (unpaired) electrons. The number of alkyl halides is 6. The van der Waals surface area contributed by atoms with Crippen molar-refractivity contribution in [2.45, 2.75) is 44.7 Å². The first kappa shape index (κ1) is 28.6. The van der Waals surface area contributed by atoms with Gasteiger partial charge in [-0.05, 0) is 37.6 Å². The molecule has 0 unspecified atom stereocenters. The Hall–Kier alpha value is -3.88. The number of benzene rings is 1. The molecular weight excluding hydrogens is 556 g/mol. The van der Waals surface area contributed by atoms with Crippen molar-refractivity contribution < 1.29 is 35.9 Å². The molecule has 4 heterocycles. The fourth-order valence-electron chi connectivity index (χ4n) is 5.09. The highest BCUT2D eigenvalue weighted by atomic mass is 19.4. The van der Waals surface area contributed by atoms with E-state index in [1.54, 1.807) is 23.1 Å². The molecule has 2 saturated heterocycles. The smallest absolute Gasteiger partial charge is 0.382 e. The molecule has 220 valence electrons. The van der Waals surface area contributed by atoms with Gasteiger partial charge in [-0.1, -0.05) is 12.1 Å². The van der Waals surface area contributed by atoms with E-state index in [2.05, 4.69) is 15.4 Å². The summed E-state index contributed by atoms with van der Waals surface area (Å²) in [4.78, 5) is 31.8. The second-order valence-electron chi connectivity index (χ2n) is 11.0. The molecule has 15 heteroatoms. The Kier molecular flexibility index (Phi) is 6.91. The van der Waals surface area contributed by atoms with E-state index in [1.807, 2.05) is 0 Å². The number of carbonyl (C=O) groups is 2. The zero-order valence-corrected chi connectivity index (χ0v) is 22.1. The molecule has 0 bridgehead atoms. The van der Waals surface area contributed by atoms with Crippen molar-refractivity contribution >= 4 is 23.1 Å². The SMILES string of the molecule is CC(C)(C(=O)N1C[C@H](F)[C@H](NC(=O)c2cccc(-c3cc(CN4CC(F)(F)C4)c4c(N)ncnn34)c2)C1)C(F)(F)F. The lowest BCUT2D eigenvalue weighted by molar-refractivity contribution is -0.216. The molecular formula is C26H27F6N7O2. The molecule has 1 aromatic carbocycles. The fourth-order valence-corrected chi connectivity index (χ4v) is 5.09. The van der Waals surface area contributed by atoms with Crippen LogP contribution in [0.4, 0.5) is 32.2 Å². The molecule has 41 heavy (non-hydrogen) atoms. The van der Waals surface area contributed by atoms with E-state index in [9.17, 15) is 35.9 Å².